The summed E-state index contributed by atoms with van der Waals surface area (Å²) in [4.78, 5) is 32.6. The Morgan fingerprint density at radius 3 is 3.00 bits per heavy atom. The Labute approximate surface area is 218 Å². The Kier molecular flexibility index (Phi) is 6.85. The first kappa shape index (κ1) is 25.0. The van der Waals surface area contributed by atoms with Crippen molar-refractivity contribution in [1.82, 2.24) is 20.6 Å². The largest absolute Gasteiger partial charge is 0.492 e. The van der Waals surface area contributed by atoms with Crippen LogP contribution in [0.1, 0.15) is 28.0 Å². The van der Waals surface area contributed by atoms with Gasteiger partial charge in [0.1, 0.15) is 5.54 Å². The van der Waals surface area contributed by atoms with E-state index in [0.29, 0.717) is 59.8 Å². The van der Waals surface area contributed by atoms with Gasteiger partial charge in [0.2, 0.25) is 5.91 Å². The molecule has 1 atom stereocenters. The number of anilines is 2. The fourth-order valence-electron chi connectivity index (χ4n) is 4.63. The van der Waals surface area contributed by atoms with E-state index in [0.717, 1.165) is 5.69 Å². The minimum Gasteiger partial charge on any atom is -0.492 e. The third kappa shape index (κ3) is 4.71. The van der Waals surface area contributed by atoms with Crippen LogP contribution in [0.25, 0.3) is 11.3 Å². The zero-order valence-corrected chi connectivity index (χ0v) is 20.7. The Bertz CT molecular complexity index is 1480. The van der Waals surface area contributed by atoms with Crippen molar-refractivity contribution in [1.29, 1.82) is 0 Å². The van der Waals surface area contributed by atoms with Crippen molar-refractivity contribution in [3.8, 4) is 28.8 Å². The SMILES string of the molecule is C=CC(=O)N[C@]1(C#Cc2cnccc2-c2[nH]c3c(c2Nc2cccc(F)c2OC)C(=O)NCC3)CCOC1. The number of halogens is 1. The van der Waals surface area contributed by atoms with Gasteiger partial charge in [-0.1, -0.05) is 24.5 Å². The van der Waals surface area contributed by atoms with Gasteiger partial charge in [-0.15, -0.1) is 0 Å². The van der Waals surface area contributed by atoms with E-state index in [1.54, 1.807) is 30.6 Å². The number of hydrogen-bond donors (Lipinski definition) is 4. The van der Waals surface area contributed by atoms with Crippen LogP contribution in [0.5, 0.6) is 5.75 Å². The van der Waals surface area contributed by atoms with E-state index >= 15 is 0 Å². The molecule has 2 aliphatic rings. The highest BCUT2D eigenvalue weighted by Gasteiger charge is 2.34. The summed E-state index contributed by atoms with van der Waals surface area (Å²) in [6.07, 6.45) is 5.56. The van der Waals surface area contributed by atoms with Crippen LogP contribution >= 0.6 is 0 Å². The number of fused-ring (bicyclic) bond motifs is 1. The second-order valence-corrected chi connectivity index (χ2v) is 8.93. The molecule has 194 valence electrons. The van der Waals surface area contributed by atoms with Crippen LogP contribution in [-0.4, -0.2) is 54.2 Å². The molecule has 2 aliphatic heterocycles. The van der Waals surface area contributed by atoms with Crippen molar-refractivity contribution in [2.45, 2.75) is 18.4 Å². The second kappa shape index (κ2) is 10.4. The normalized spacial score (nSPS) is 18.0. The molecule has 4 heterocycles. The predicted molar refractivity (Wildman–Crippen MR) is 140 cm³/mol. The molecule has 2 aromatic heterocycles. The lowest BCUT2D eigenvalue weighted by molar-refractivity contribution is -0.117. The van der Waals surface area contributed by atoms with E-state index in [1.165, 1.54) is 19.3 Å². The first-order chi connectivity index (χ1) is 18.4. The summed E-state index contributed by atoms with van der Waals surface area (Å²) in [5.41, 5.74) is 3.00. The quantitative estimate of drug-likeness (QED) is 0.296. The minimum atomic E-state index is -0.858. The van der Waals surface area contributed by atoms with Crippen molar-refractivity contribution in [2.75, 3.05) is 32.2 Å². The van der Waals surface area contributed by atoms with E-state index in [4.69, 9.17) is 9.47 Å². The van der Waals surface area contributed by atoms with E-state index in [-0.39, 0.29) is 24.2 Å². The Morgan fingerprint density at radius 1 is 1.37 bits per heavy atom. The first-order valence-electron chi connectivity index (χ1n) is 12.1. The van der Waals surface area contributed by atoms with Gasteiger partial charge in [-0.25, -0.2) is 4.39 Å². The lowest BCUT2D eigenvalue weighted by Crippen LogP contribution is -2.47. The molecular formula is C28H26FN5O4. The average Bonchev–Trinajstić information content (AvgIpc) is 3.53. The summed E-state index contributed by atoms with van der Waals surface area (Å²) >= 11 is 0. The molecule has 0 spiro atoms. The first-order valence-corrected chi connectivity index (χ1v) is 12.1. The van der Waals surface area contributed by atoms with Gasteiger partial charge >= 0.3 is 0 Å². The molecule has 2 amide bonds. The monoisotopic (exact) mass is 515 g/mol. The maximum Gasteiger partial charge on any atom is 0.255 e. The summed E-state index contributed by atoms with van der Waals surface area (Å²) < 4.78 is 25.3. The van der Waals surface area contributed by atoms with Gasteiger partial charge in [0.15, 0.2) is 11.6 Å². The molecular weight excluding hydrogens is 489 g/mol. The van der Waals surface area contributed by atoms with Crippen molar-refractivity contribution < 1.29 is 23.5 Å². The highest BCUT2D eigenvalue weighted by atomic mass is 19.1. The van der Waals surface area contributed by atoms with Gasteiger partial charge in [-0.05, 0) is 24.3 Å². The third-order valence-electron chi connectivity index (χ3n) is 6.49. The number of carbonyl (C=O) groups excluding carboxylic acids is 2. The highest BCUT2D eigenvalue weighted by molar-refractivity contribution is 6.06. The minimum absolute atomic E-state index is 0.0282. The van der Waals surface area contributed by atoms with Gasteiger partial charge < -0.3 is 30.4 Å². The van der Waals surface area contributed by atoms with Crippen molar-refractivity contribution in [3.05, 3.63) is 72.0 Å². The smallest absolute Gasteiger partial charge is 0.255 e. The number of pyridine rings is 1. The number of aromatic amines is 1. The molecule has 0 bridgehead atoms. The van der Waals surface area contributed by atoms with Gasteiger partial charge in [-0.2, -0.15) is 0 Å². The number of H-pyrrole nitrogens is 1. The number of benzene rings is 1. The predicted octanol–water partition coefficient (Wildman–Crippen LogP) is 3.07. The van der Waals surface area contributed by atoms with E-state index in [1.807, 2.05) is 0 Å². The molecule has 5 rings (SSSR count). The number of rotatable bonds is 6. The van der Waals surface area contributed by atoms with E-state index in [2.05, 4.69) is 44.3 Å². The Hall–Kier alpha value is -4.62. The van der Waals surface area contributed by atoms with Crippen LogP contribution < -0.4 is 20.7 Å². The summed E-state index contributed by atoms with van der Waals surface area (Å²) in [5, 5.41) is 8.97. The van der Waals surface area contributed by atoms with Gasteiger partial charge in [0.05, 0.1) is 48.5 Å². The fraction of sp³-hybridized carbons (Fsp3) is 0.250. The number of nitrogens with zero attached hydrogens (tertiary/aromatic N) is 1. The van der Waals surface area contributed by atoms with Gasteiger partial charge in [0.25, 0.3) is 5.91 Å². The molecule has 1 aromatic carbocycles. The molecule has 38 heavy (non-hydrogen) atoms. The number of aromatic nitrogens is 2. The van der Waals surface area contributed by atoms with Crippen LogP contribution in [0, 0.1) is 17.7 Å². The molecule has 0 radical (unpaired) electrons. The topological polar surface area (TPSA) is 117 Å². The standard InChI is InChI=1S/C28H26FN5O4/c1-3-22(35)34-28(11-14-38-16-28)10-7-17-15-30-12-8-18(17)24-25(23-20(32-24)9-13-31-27(23)36)33-21-6-4-5-19(29)26(21)37-2/h3-6,8,12,15,32-33H,1,9,11,13-14,16H2,2H3,(H,31,36)(H,34,35)/t28-/m1/s1. The zero-order chi connectivity index (χ0) is 26.7. The number of amides is 2. The summed E-state index contributed by atoms with van der Waals surface area (Å²) in [7, 11) is 1.38. The molecule has 0 aliphatic carbocycles. The molecule has 1 saturated heterocycles. The van der Waals surface area contributed by atoms with Crippen LogP contribution in [0.15, 0.2) is 49.3 Å². The number of methoxy groups -OCH3 is 1. The van der Waals surface area contributed by atoms with E-state index in [9.17, 15) is 14.0 Å². The maximum absolute atomic E-state index is 14.5. The zero-order valence-electron chi connectivity index (χ0n) is 20.7. The van der Waals surface area contributed by atoms with Crippen LogP contribution in [0.2, 0.25) is 0 Å². The lowest BCUT2D eigenvalue weighted by Gasteiger charge is -2.21. The maximum atomic E-state index is 14.5. The highest BCUT2D eigenvalue weighted by Crippen LogP contribution is 2.40. The summed E-state index contributed by atoms with van der Waals surface area (Å²) in [5.74, 6) is 5.25. The van der Waals surface area contributed by atoms with Crippen LogP contribution in [0.3, 0.4) is 0 Å². The van der Waals surface area contributed by atoms with Crippen molar-refractivity contribution >= 4 is 23.2 Å². The molecule has 1 fully saturated rings. The number of nitrogens with one attached hydrogen (secondary N) is 4. The molecule has 10 heteroatoms. The van der Waals surface area contributed by atoms with E-state index < -0.39 is 11.4 Å². The van der Waals surface area contributed by atoms with Crippen molar-refractivity contribution in [3.63, 3.8) is 0 Å². The summed E-state index contributed by atoms with van der Waals surface area (Å²) in [6.45, 7) is 4.72. The second-order valence-electron chi connectivity index (χ2n) is 8.93. The molecule has 4 N–H and O–H groups in total. The van der Waals surface area contributed by atoms with Gasteiger partial charge in [-0.3, -0.25) is 14.6 Å². The molecule has 0 unspecified atom stereocenters. The molecule has 3 aromatic rings. The number of para-hydroxylation sites is 1. The van der Waals surface area contributed by atoms with Crippen LogP contribution in [0.4, 0.5) is 15.8 Å². The molecule has 0 saturated carbocycles. The average molecular weight is 516 g/mol. The number of ether oxygens (including phenoxy) is 2. The van der Waals surface area contributed by atoms with Crippen LogP contribution in [-0.2, 0) is 16.0 Å². The number of hydrogen-bond acceptors (Lipinski definition) is 6. The summed E-state index contributed by atoms with van der Waals surface area (Å²) in [6, 6.07) is 6.32. The fourth-order valence-corrected chi connectivity index (χ4v) is 4.63. The Balaban J connectivity index is 1.63. The van der Waals surface area contributed by atoms with Crippen molar-refractivity contribution in [2.24, 2.45) is 0 Å². The van der Waals surface area contributed by atoms with Gasteiger partial charge in [0, 0.05) is 43.0 Å². The lowest BCUT2D eigenvalue weighted by atomic mass is 9.97. The number of carbonyl (C=O) groups is 2. The third-order valence-corrected chi connectivity index (χ3v) is 6.49. The molecule has 9 nitrogen and oxygen atoms in total. The Morgan fingerprint density at radius 2 is 2.24 bits per heavy atom.